The summed E-state index contributed by atoms with van der Waals surface area (Å²) in [6.07, 6.45) is 0. The van der Waals surface area contributed by atoms with Crippen molar-refractivity contribution in [1.29, 1.82) is 0 Å². The maximum absolute atomic E-state index is 12.7. The second-order valence-corrected chi connectivity index (χ2v) is 6.40. The maximum atomic E-state index is 12.7. The lowest BCUT2D eigenvalue weighted by Crippen LogP contribution is -2.36. The molecule has 0 bridgehead atoms. The largest absolute Gasteiger partial charge is 0.492 e. The normalized spacial score (nSPS) is 17.4. The highest BCUT2D eigenvalue weighted by Crippen LogP contribution is 2.16. The van der Waals surface area contributed by atoms with Crippen LogP contribution in [0.3, 0.4) is 0 Å². The van der Waals surface area contributed by atoms with Crippen molar-refractivity contribution in [3.05, 3.63) is 30.1 Å². The first kappa shape index (κ1) is 14.0. The van der Waals surface area contributed by atoms with Gasteiger partial charge in [-0.3, -0.25) is 0 Å². The lowest BCUT2D eigenvalue weighted by atomic mass is 10.3. The first-order valence-corrected chi connectivity index (χ1v) is 8.43. The average molecular weight is 287 g/mol. The van der Waals surface area contributed by atoms with Crippen LogP contribution in [0.25, 0.3) is 0 Å². The van der Waals surface area contributed by atoms with E-state index >= 15 is 0 Å². The summed E-state index contributed by atoms with van der Waals surface area (Å²) < 4.78 is 18.2. The molecule has 0 aliphatic carbocycles. The quantitative estimate of drug-likeness (QED) is 0.840. The smallest absolute Gasteiger partial charge is 0.123 e. The Labute approximate surface area is 116 Å². The predicted octanol–water partition coefficient (Wildman–Crippen LogP) is 2.64. The van der Waals surface area contributed by atoms with Crippen LogP contribution < -0.4 is 10.1 Å². The standard InChI is InChI=1S/C13H18FNOS2/c14-11-1-3-13(4-2-11)16-6-5-15-12-9-17-7-8-18-10-12/h1-4,12,15H,5-10H2. The number of thioether (sulfide) groups is 2. The summed E-state index contributed by atoms with van der Waals surface area (Å²) in [4.78, 5) is 0. The van der Waals surface area contributed by atoms with Crippen molar-refractivity contribution >= 4 is 23.5 Å². The summed E-state index contributed by atoms with van der Waals surface area (Å²) in [6, 6.07) is 6.74. The molecule has 1 aromatic rings. The van der Waals surface area contributed by atoms with E-state index < -0.39 is 0 Å². The molecule has 2 nitrogen and oxygen atoms in total. The molecular weight excluding hydrogens is 269 g/mol. The maximum Gasteiger partial charge on any atom is 0.123 e. The van der Waals surface area contributed by atoms with Crippen LogP contribution in [0.2, 0.25) is 0 Å². The third kappa shape index (κ3) is 5.08. The molecule has 0 radical (unpaired) electrons. The Morgan fingerprint density at radius 1 is 1.17 bits per heavy atom. The molecule has 0 amide bonds. The molecule has 0 saturated carbocycles. The molecule has 2 rings (SSSR count). The molecular formula is C13H18FNOS2. The van der Waals surface area contributed by atoms with Gasteiger partial charge in [-0.25, -0.2) is 4.39 Å². The molecule has 1 heterocycles. The Bertz CT molecular complexity index is 339. The lowest BCUT2D eigenvalue weighted by molar-refractivity contribution is 0.309. The van der Waals surface area contributed by atoms with Gasteiger partial charge in [0.1, 0.15) is 18.2 Å². The van der Waals surface area contributed by atoms with E-state index in [-0.39, 0.29) is 5.82 Å². The van der Waals surface area contributed by atoms with Crippen LogP contribution in [-0.4, -0.2) is 42.2 Å². The Balaban J connectivity index is 1.61. The van der Waals surface area contributed by atoms with Crippen molar-refractivity contribution in [2.45, 2.75) is 6.04 Å². The molecule has 1 aliphatic heterocycles. The topological polar surface area (TPSA) is 21.3 Å². The third-order valence-electron chi connectivity index (χ3n) is 2.63. The fraction of sp³-hybridized carbons (Fsp3) is 0.538. The third-order valence-corrected chi connectivity index (χ3v) is 5.15. The summed E-state index contributed by atoms with van der Waals surface area (Å²) in [7, 11) is 0. The first-order valence-electron chi connectivity index (χ1n) is 6.12. The van der Waals surface area contributed by atoms with Gasteiger partial charge < -0.3 is 10.1 Å². The van der Waals surface area contributed by atoms with E-state index in [0.717, 1.165) is 12.3 Å². The first-order chi connectivity index (χ1) is 8.84. The van der Waals surface area contributed by atoms with E-state index in [1.807, 2.05) is 23.5 Å². The minimum absolute atomic E-state index is 0.229. The molecule has 1 N–H and O–H groups in total. The van der Waals surface area contributed by atoms with Gasteiger partial charge in [0.2, 0.25) is 0 Å². The van der Waals surface area contributed by atoms with E-state index in [4.69, 9.17) is 4.74 Å². The van der Waals surface area contributed by atoms with Crippen molar-refractivity contribution in [2.75, 3.05) is 36.2 Å². The Kier molecular flexibility index (Phi) is 6.17. The highest BCUT2D eigenvalue weighted by atomic mass is 32.2. The second kappa shape index (κ2) is 7.92. The lowest BCUT2D eigenvalue weighted by Gasteiger charge is -2.15. The van der Waals surface area contributed by atoms with Crippen LogP contribution >= 0.6 is 23.5 Å². The van der Waals surface area contributed by atoms with Crippen molar-refractivity contribution in [3.8, 4) is 5.75 Å². The van der Waals surface area contributed by atoms with Gasteiger partial charge in [0.05, 0.1) is 0 Å². The Hall–Kier alpha value is -0.390. The molecule has 1 saturated heterocycles. The van der Waals surface area contributed by atoms with Crippen molar-refractivity contribution in [3.63, 3.8) is 0 Å². The SMILES string of the molecule is Fc1ccc(OCCNC2CSCCSC2)cc1. The van der Waals surface area contributed by atoms with Crippen LogP contribution in [-0.2, 0) is 0 Å². The van der Waals surface area contributed by atoms with Crippen LogP contribution in [0.4, 0.5) is 4.39 Å². The zero-order valence-electron chi connectivity index (χ0n) is 10.2. The van der Waals surface area contributed by atoms with E-state index in [1.165, 1.54) is 35.1 Å². The van der Waals surface area contributed by atoms with Crippen LogP contribution in [0, 0.1) is 5.82 Å². The molecule has 0 aromatic heterocycles. The zero-order chi connectivity index (χ0) is 12.6. The molecule has 18 heavy (non-hydrogen) atoms. The van der Waals surface area contributed by atoms with E-state index in [2.05, 4.69) is 5.32 Å². The monoisotopic (exact) mass is 287 g/mol. The number of benzene rings is 1. The fourth-order valence-corrected chi connectivity index (χ4v) is 4.16. The van der Waals surface area contributed by atoms with Gasteiger partial charge in [0.25, 0.3) is 0 Å². The van der Waals surface area contributed by atoms with Gasteiger partial charge >= 0.3 is 0 Å². The molecule has 100 valence electrons. The molecule has 1 aromatic carbocycles. The summed E-state index contributed by atoms with van der Waals surface area (Å²) in [5.74, 6) is 5.38. The summed E-state index contributed by atoms with van der Waals surface area (Å²) in [5.41, 5.74) is 0. The number of nitrogens with one attached hydrogen (secondary N) is 1. The van der Waals surface area contributed by atoms with E-state index in [9.17, 15) is 4.39 Å². The van der Waals surface area contributed by atoms with Gasteiger partial charge in [0.15, 0.2) is 0 Å². The van der Waals surface area contributed by atoms with E-state index in [1.54, 1.807) is 12.1 Å². The van der Waals surface area contributed by atoms with Crippen LogP contribution in [0.15, 0.2) is 24.3 Å². The summed E-state index contributed by atoms with van der Waals surface area (Å²) in [6.45, 7) is 1.46. The van der Waals surface area contributed by atoms with Crippen LogP contribution in [0.5, 0.6) is 5.75 Å². The highest BCUT2D eigenvalue weighted by Gasteiger charge is 2.11. The average Bonchev–Trinajstić information content (AvgIpc) is 2.65. The molecule has 1 aliphatic rings. The summed E-state index contributed by atoms with van der Waals surface area (Å²) in [5, 5.41) is 3.50. The number of halogens is 1. The van der Waals surface area contributed by atoms with Gasteiger partial charge in [0, 0.05) is 35.6 Å². The second-order valence-electron chi connectivity index (χ2n) is 4.10. The minimum atomic E-state index is -0.229. The van der Waals surface area contributed by atoms with Crippen molar-refractivity contribution in [1.82, 2.24) is 5.32 Å². The number of hydrogen-bond donors (Lipinski definition) is 1. The van der Waals surface area contributed by atoms with Crippen molar-refractivity contribution < 1.29 is 9.13 Å². The van der Waals surface area contributed by atoms with Gasteiger partial charge in [-0.2, -0.15) is 23.5 Å². The van der Waals surface area contributed by atoms with Crippen LogP contribution in [0.1, 0.15) is 0 Å². The number of rotatable bonds is 5. The molecule has 0 spiro atoms. The minimum Gasteiger partial charge on any atom is -0.492 e. The van der Waals surface area contributed by atoms with Gasteiger partial charge in [-0.15, -0.1) is 0 Å². The Morgan fingerprint density at radius 3 is 2.50 bits per heavy atom. The fourth-order valence-electron chi connectivity index (χ4n) is 1.70. The molecule has 5 heteroatoms. The molecule has 1 fully saturated rings. The summed E-state index contributed by atoms with van der Waals surface area (Å²) >= 11 is 4.03. The van der Waals surface area contributed by atoms with Gasteiger partial charge in [-0.1, -0.05) is 0 Å². The predicted molar refractivity (Wildman–Crippen MR) is 78.3 cm³/mol. The molecule has 0 unspecified atom stereocenters. The van der Waals surface area contributed by atoms with E-state index in [0.29, 0.717) is 12.6 Å². The van der Waals surface area contributed by atoms with Crippen molar-refractivity contribution in [2.24, 2.45) is 0 Å². The Morgan fingerprint density at radius 2 is 1.83 bits per heavy atom. The zero-order valence-corrected chi connectivity index (χ0v) is 11.9. The highest BCUT2D eigenvalue weighted by molar-refractivity contribution is 8.03. The number of hydrogen-bond acceptors (Lipinski definition) is 4. The molecule has 0 atom stereocenters. The van der Waals surface area contributed by atoms with Gasteiger partial charge in [-0.05, 0) is 24.3 Å². The number of ether oxygens (including phenoxy) is 1.